The Balaban J connectivity index is 1.44. The average Bonchev–Trinajstić information content (AvgIpc) is 3.29. The molecule has 8 heteroatoms. The van der Waals surface area contributed by atoms with Gasteiger partial charge in [-0.15, -0.1) is 0 Å². The van der Waals surface area contributed by atoms with Crippen LogP contribution in [0.4, 0.5) is 4.79 Å². The highest BCUT2D eigenvalue weighted by Crippen LogP contribution is 2.23. The van der Waals surface area contributed by atoms with Crippen molar-refractivity contribution in [2.45, 2.75) is 45.8 Å². The van der Waals surface area contributed by atoms with Crippen molar-refractivity contribution < 1.29 is 28.0 Å². The van der Waals surface area contributed by atoms with Gasteiger partial charge in [-0.25, -0.2) is 4.79 Å². The van der Waals surface area contributed by atoms with Crippen molar-refractivity contribution >= 4 is 12.1 Å². The van der Waals surface area contributed by atoms with Crippen LogP contribution in [-0.2, 0) is 20.9 Å². The van der Waals surface area contributed by atoms with Gasteiger partial charge in [0.1, 0.15) is 17.9 Å². The van der Waals surface area contributed by atoms with Gasteiger partial charge in [0, 0.05) is 19.2 Å². The van der Waals surface area contributed by atoms with Crippen molar-refractivity contribution in [1.29, 1.82) is 0 Å². The van der Waals surface area contributed by atoms with Gasteiger partial charge >= 0.3 is 12.1 Å². The highest BCUT2D eigenvalue weighted by molar-refractivity contribution is 5.73. The predicted molar refractivity (Wildman–Crippen MR) is 94.5 cm³/mol. The predicted octanol–water partition coefficient (Wildman–Crippen LogP) is 3.62. The third-order valence-electron chi connectivity index (χ3n) is 4.17. The Hall–Kier alpha value is -2.77. The summed E-state index contributed by atoms with van der Waals surface area (Å²) in [5.41, 5.74) is -0.0141. The molecular weight excluding hydrogens is 352 g/mol. The van der Waals surface area contributed by atoms with Crippen molar-refractivity contribution in [2.75, 3.05) is 13.1 Å². The van der Waals surface area contributed by atoms with Gasteiger partial charge in [0.15, 0.2) is 5.76 Å². The molecule has 8 nitrogen and oxygen atoms in total. The first-order chi connectivity index (χ1) is 12.8. The van der Waals surface area contributed by atoms with Crippen LogP contribution in [0, 0.1) is 5.92 Å². The molecule has 0 aromatic carbocycles. The number of aromatic nitrogens is 1. The summed E-state index contributed by atoms with van der Waals surface area (Å²) >= 11 is 0. The van der Waals surface area contributed by atoms with E-state index in [1.807, 2.05) is 20.8 Å². The number of hydrogen-bond acceptors (Lipinski definition) is 7. The van der Waals surface area contributed by atoms with Crippen LogP contribution < -0.4 is 0 Å². The van der Waals surface area contributed by atoms with Gasteiger partial charge in [-0.3, -0.25) is 4.79 Å². The molecule has 3 heterocycles. The Morgan fingerprint density at radius 1 is 1.26 bits per heavy atom. The van der Waals surface area contributed by atoms with E-state index in [1.54, 1.807) is 29.4 Å². The van der Waals surface area contributed by atoms with Crippen LogP contribution >= 0.6 is 0 Å². The molecule has 2 aromatic heterocycles. The fourth-order valence-electron chi connectivity index (χ4n) is 2.80. The summed E-state index contributed by atoms with van der Waals surface area (Å²) in [6, 6.07) is 5.19. The highest BCUT2D eigenvalue weighted by Gasteiger charge is 2.30. The second-order valence-electron chi connectivity index (χ2n) is 7.51. The highest BCUT2D eigenvalue weighted by atomic mass is 16.6. The van der Waals surface area contributed by atoms with Gasteiger partial charge in [-0.2, -0.15) is 0 Å². The summed E-state index contributed by atoms with van der Waals surface area (Å²) < 4.78 is 21.1. The zero-order valence-corrected chi connectivity index (χ0v) is 15.8. The summed E-state index contributed by atoms with van der Waals surface area (Å²) in [4.78, 5) is 26.0. The Morgan fingerprint density at radius 2 is 2.00 bits per heavy atom. The Kier molecular flexibility index (Phi) is 5.53. The van der Waals surface area contributed by atoms with E-state index in [9.17, 15) is 9.59 Å². The Morgan fingerprint density at radius 3 is 2.63 bits per heavy atom. The topological polar surface area (TPSA) is 95.0 Å². The molecule has 0 bridgehead atoms. The number of nitrogens with zero attached hydrogens (tertiary/aromatic N) is 2. The molecule has 2 aromatic rings. The van der Waals surface area contributed by atoms with E-state index in [0.717, 1.165) is 0 Å². The smallest absolute Gasteiger partial charge is 0.410 e. The van der Waals surface area contributed by atoms with Crippen LogP contribution in [0.3, 0.4) is 0 Å². The van der Waals surface area contributed by atoms with E-state index in [0.29, 0.717) is 43.1 Å². The van der Waals surface area contributed by atoms with Gasteiger partial charge in [0.25, 0.3) is 0 Å². The molecule has 0 atom stereocenters. The van der Waals surface area contributed by atoms with E-state index in [4.69, 9.17) is 18.4 Å². The minimum atomic E-state index is -0.529. The zero-order valence-electron chi connectivity index (χ0n) is 15.8. The van der Waals surface area contributed by atoms with Gasteiger partial charge in [-0.05, 0) is 45.7 Å². The fraction of sp³-hybridized carbons (Fsp3) is 0.526. The molecule has 0 N–H and O–H groups in total. The first-order valence-corrected chi connectivity index (χ1v) is 8.96. The minimum Gasteiger partial charge on any atom is -0.461 e. The van der Waals surface area contributed by atoms with Crippen LogP contribution in [0.25, 0.3) is 11.5 Å². The Labute approximate surface area is 157 Å². The first kappa shape index (κ1) is 19.0. The largest absolute Gasteiger partial charge is 0.461 e. The molecule has 146 valence electrons. The van der Waals surface area contributed by atoms with E-state index >= 15 is 0 Å². The number of rotatable bonds is 4. The van der Waals surface area contributed by atoms with E-state index in [1.165, 1.54) is 0 Å². The quantitative estimate of drug-likeness (QED) is 0.752. The average molecular weight is 376 g/mol. The molecule has 0 unspecified atom stereocenters. The number of carbonyl (C=O) groups is 2. The van der Waals surface area contributed by atoms with Crippen LogP contribution in [0.15, 0.2) is 33.4 Å². The van der Waals surface area contributed by atoms with Crippen LogP contribution in [0.1, 0.15) is 39.3 Å². The van der Waals surface area contributed by atoms with Crippen molar-refractivity contribution in [1.82, 2.24) is 10.1 Å². The number of ether oxygens (including phenoxy) is 2. The summed E-state index contributed by atoms with van der Waals surface area (Å²) in [5.74, 6) is 0.521. The number of piperidine rings is 1. The van der Waals surface area contributed by atoms with Gasteiger partial charge in [-0.1, -0.05) is 5.16 Å². The van der Waals surface area contributed by atoms with E-state index in [-0.39, 0.29) is 24.6 Å². The monoisotopic (exact) mass is 376 g/mol. The lowest BCUT2D eigenvalue weighted by molar-refractivity contribution is -0.151. The zero-order chi connectivity index (χ0) is 19.4. The molecule has 1 fully saturated rings. The lowest BCUT2D eigenvalue weighted by Gasteiger charge is -2.32. The second kappa shape index (κ2) is 7.85. The molecule has 0 spiro atoms. The van der Waals surface area contributed by atoms with Crippen LogP contribution in [-0.4, -0.2) is 40.8 Å². The maximum atomic E-state index is 12.3. The van der Waals surface area contributed by atoms with Gasteiger partial charge < -0.3 is 23.3 Å². The molecule has 1 aliphatic rings. The molecular formula is C19H24N2O6. The minimum absolute atomic E-state index is 0.0370. The van der Waals surface area contributed by atoms with Crippen molar-refractivity contribution in [2.24, 2.45) is 5.92 Å². The number of hydrogen-bond donors (Lipinski definition) is 0. The van der Waals surface area contributed by atoms with Crippen molar-refractivity contribution in [3.8, 4) is 11.5 Å². The molecule has 1 saturated heterocycles. The molecule has 3 rings (SSSR count). The van der Waals surface area contributed by atoms with E-state index < -0.39 is 5.60 Å². The maximum absolute atomic E-state index is 12.3. The molecule has 1 aliphatic heterocycles. The summed E-state index contributed by atoms with van der Waals surface area (Å²) in [6.45, 7) is 6.47. The number of amides is 1. The van der Waals surface area contributed by atoms with Crippen LogP contribution in [0.2, 0.25) is 0 Å². The summed E-state index contributed by atoms with van der Waals surface area (Å²) in [6.07, 6.45) is 2.30. The third-order valence-corrected chi connectivity index (χ3v) is 4.17. The first-order valence-electron chi connectivity index (χ1n) is 8.96. The molecule has 1 amide bonds. The molecule has 0 aliphatic carbocycles. The summed E-state index contributed by atoms with van der Waals surface area (Å²) in [7, 11) is 0. The SMILES string of the molecule is CC(C)(C)OC(=O)N1CCC(C(=O)OCc2cc(-c3ccco3)on2)CC1. The molecule has 0 radical (unpaired) electrons. The maximum Gasteiger partial charge on any atom is 0.410 e. The van der Waals surface area contributed by atoms with Crippen molar-refractivity contribution in [3.05, 3.63) is 30.2 Å². The van der Waals surface area contributed by atoms with E-state index in [2.05, 4.69) is 5.16 Å². The number of likely N-dealkylation sites (tertiary alicyclic amines) is 1. The van der Waals surface area contributed by atoms with Gasteiger partial charge in [0.05, 0.1) is 12.2 Å². The normalized spacial score (nSPS) is 15.6. The van der Waals surface area contributed by atoms with Gasteiger partial charge in [0.2, 0.25) is 5.76 Å². The third kappa shape index (κ3) is 5.12. The lowest BCUT2D eigenvalue weighted by atomic mass is 9.97. The second-order valence-corrected chi connectivity index (χ2v) is 7.51. The number of furan rings is 1. The number of esters is 1. The Bertz CT molecular complexity index is 766. The summed E-state index contributed by atoms with van der Waals surface area (Å²) in [5, 5.41) is 3.88. The molecule has 0 saturated carbocycles. The van der Waals surface area contributed by atoms with Crippen LogP contribution in [0.5, 0.6) is 0 Å². The lowest BCUT2D eigenvalue weighted by Crippen LogP contribution is -2.43. The standard InChI is InChI=1S/C19H24N2O6/c1-19(2,3)26-18(23)21-8-6-13(7-9-21)17(22)25-12-14-11-16(27-20-14)15-5-4-10-24-15/h4-5,10-11,13H,6-9,12H2,1-3H3. The molecule has 27 heavy (non-hydrogen) atoms. The fourth-order valence-corrected chi connectivity index (χ4v) is 2.80. The number of carbonyl (C=O) groups excluding carboxylic acids is 2. The van der Waals surface area contributed by atoms with Crippen molar-refractivity contribution in [3.63, 3.8) is 0 Å².